The van der Waals surface area contributed by atoms with Gasteiger partial charge in [-0.1, -0.05) is 0 Å². The van der Waals surface area contributed by atoms with Crippen LogP contribution in [-0.2, 0) is 4.74 Å². The highest BCUT2D eigenvalue weighted by atomic mass is 32.2. The van der Waals surface area contributed by atoms with Crippen LogP contribution < -0.4 is 5.32 Å². The number of amidine groups is 1. The van der Waals surface area contributed by atoms with Gasteiger partial charge in [0.05, 0.1) is 6.61 Å². The Balaban J connectivity index is 2.29. The van der Waals surface area contributed by atoms with Crippen molar-refractivity contribution in [3.8, 4) is 0 Å². The highest BCUT2D eigenvalue weighted by Gasteiger charge is 2.18. The summed E-state index contributed by atoms with van der Waals surface area (Å²) in [6, 6.07) is -0.433. The van der Waals surface area contributed by atoms with Gasteiger partial charge >= 0.3 is 6.03 Å². The first-order chi connectivity index (χ1) is 6.74. The lowest BCUT2D eigenvalue weighted by Gasteiger charge is -2.25. The molecule has 1 aliphatic rings. The van der Waals surface area contributed by atoms with Crippen LogP contribution in [0.1, 0.15) is 19.8 Å². The van der Waals surface area contributed by atoms with E-state index in [1.165, 1.54) is 11.9 Å². The molecule has 0 radical (unpaired) electrons. The van der Waals surface area contributed by atoms with E-state index < -0.39 is 0 Å². The van der Waals surface area contributed by atoms with Crippen LogP contribution in [0, 0.1) is 5.41 Å². The summed E-state index contributed by atoms with van der Waals surface area (Å²) in [6.07, 6.45) is 2.18. The average molecular weight is 217 g/mol. The molecule has 1 heterocycles. The normalized spacial score (nSPS) is 16.2. The Hall–Kier alpha value is -0.910. The molecule has 0 aliphatic carbocycles. The van der Waals surface area contributed by atoms with Gasteiger partial charge in [0.2, 0.25) is 0 Å². The van der Waals surface area contributed by atoms with Gasteiger partial charge in [0.25, 0.3) is 6.02 Å². The number of urea groups is 1. The molecule has 0 saturated carbocycles. The maximum atomic E-state index is 11.5. The first kappa shape index (κ1) is 11.2. The van der Waals surface area contributed by atoms with Crippen molar-refractivity contribution < 1.29 is 9.53 Å². The van der Waals surface area contributed by atoms with Gasteiger partial charge in [-0.15, -0.1) is 0 Å². The number of nitrogens with one attached hydrogen (secondary N) is 2. The van der Waals surface area contributed by atoms with Crippen LogP contribution in [0.2, 0.25) is 0 Å². The van der Waals surface area contributed by atoms with Crippen molar-refractivity contribution >= 4 is 24.0 Å². The lowest BCUT2D eigenvalue weighted by atomic mass is 10.3. The summed E-state index contributed by atoms with van der Waals surface area (Å²) < 4.78 is 6.45. The molecule has 2 N–H and O–H groups in total. The number of rotatable bonds is 1. The van der Waals surface area contributed by atoms with E-state index in [9.17, 15) is 4.79 Å². The van der Waals surface area contributed by atoms with Crippen LogP contribution >= 0.6 is 11.9 Å². The third kappa shape index (κ3) is 3.45. The number of amides is 2. The van der Waals surface area contributed by atoms with Crippen LogP contribution in [-0.4, -0.2) is 35.3 Å². The molecule has 0 unspecified atom stereocenters. The molecule has 2 amide bonds. The fourth-order valence-corrected chi connectivity index (χ4v) is 2.07. The molecular formula is C8H15N3O2S. The Morgan fingerprint density at radius 1 is 1.64 bits per heavy atom. The quantitative estimate of drug-likeness (QED) is 0.396. The molecule has 6 heteroatoms. The van der Waals surface area contributed by atoms with Crippen molar-refractivity contribution in [2.75, 3.05) is 18.9 Å². The summed E-state index contributed by atoms with van der Waals surface area (Å²) in [5.41, 5.74) is 0. The molecule has 80 valence electrons. The van der Waals surface area contributed by atoms with E-state index >= 15 is 0 Å². The Labute approximate surface area is 87.8 Å². The van der Waals surface area contributed by atoms with Gasteiger partial charge in [0.15, 0.2) is 0 Å². The zero-order valence-corrected chi connectivity index (χ0v) is 9.02. The highest BCUT2D eigenvalue weighted by molar-refractivity contribution is 7.97. The lowest BCUT2D eigenvalue weighted by Crippen LogP contribution is -2.41. The molecule has 0 aromatic rings. The highest BCUT2D eigenvalue weighted by Crippen LogP contribution is 2.18. The largest absolute Gasteiger partial charge is 0.465 e. The fraction of sp³-hybridized carbons (Fsp3) is 0.750. The summed E-state index contributed by atoms with van der Waals surface area (Å²) in [7, 11) is 0. The molecule has 0 spiro atoms. The van der Waals surface area contributed by atoms with Gasteiger partial charge in [-0.05, 0) is 31.7 Å². The van der Waals surface area contributed by atoms with Crippen molar-refractivity contribution in [3.63, 3.8) is 0 Å². The van der Waals surface area contributed by atoms with E-state index in [-0.39, 0.29) is 12.1 Å². The van der Waals surface area contributed by atoms with Gasteiger partial charge < -0.3 is 4.74 Å². The van der Waals surface area contributed by atoms with Crippen molar-refractivity contribution in [2.24, 2.45) is 0 Å². The third-order valence-electron chi connectivity index (χ3n) is 1.74. The Morgan fingerprint density at radius 3 is 3.00 bits per heavy atom. The first-order valence-corrected chi connectivity index (χ1v) is 5.61. The second-order valence-corrected chi connectivity index (χ2v) is 3.94. The second-order valence-electron chi connectivity index (χ2n) is 2.83. The SMILES string of the molecule is CCOC(=N)NC(=O)N1CCCCS1. The summed E-state index contributed by atoms with van der Waals surface area (Å²) in [5.74, 6) is 0.968. The molecular weight excluding hydrogens is 202 g/mol. The molecule has 0 aromatic heterocycles. The molecule has 14 heavy (non-hydrogen) atoms. The van der Waals surface area contributed by atoms with Gasteiger partial charge in [0.1, 0.15) is 0 Å². The number of ether oxygens (including phenoxy) is 1. The monoisotopic (exact) mass is 217 g/mol. The first-order valence-electron chi connectivity index (χ1n) is 4.67. The summed E-state index contributed by atoms with van der Waals surface area (Å²) >= 11 is 1.50. The number of hydrogen-bond donors (Lipinski definition) is 2. The van der Waals surface area contributed by atoms with Crippen LogP contribution in [0.5, 0.6) is 0 Å². The fourth-order valence-electron chi connectivity index (χ4n) is 1.10. The topological polar surface area (TPSA) is 65.4 Å². The smallest absolute Gasteiger partial charge is 0.335 e. The van der Waals surface area contributed by atoms with E-state index in [0.29, 0.717) is 6.61 Å². The van der Waals surface area contributed by atoms with Crippen molar-refractivity contribution in [1.29, 1.82) is 5.41 Å². The predicted octanol–water partition coefficient (Wildman–Crippen LogP) is 1.41. The molecule has 0 aromatic carbocycles. The molecule has 1 aliphatic heterocycles. The van der Waals surface area contributed by atoms with Gasteiger partial charge in [-0.2, -0.15) is 0 Å². The average Bonchev–Trinajstić information content (AvgIpc) is 2.19. The minimum atomic E-state index is -0.256. The summed E-state index contributed by atoms with van der Waals surface area (Å²) in [4.78, 5) is 11.5. The van der Waals surface area contributed by atoms with Crippen LogP contribution in [0.4, 0.5) is 4.79 Å². The van der Waals surface area contributed by atoms with Crippen LogP contribution in [0.15, 0.2) is 0 Å². The van der Waals surface area contributed by atoms with Gasteiger partial charge in [-0.3, -0.25) is 15.0 Å². The summed E-state index contributed by atoms with van der Waals surface area (Å²) in [5, 5.41) is 9.63. The zero-order valence-electron chi connectivity index (χ0n) is 8.21. The maximum Gasteiger partial charge on any atom is 0.335 e. The van der Waals surface area contributed by atoms with E-state index in [1.54, 1.807) is 11.2 Å². The van der Waals surface area contributed by atoms with E-state index in [2.05, 4.69) is 5.32 Å². The number of hydrogen-bond acceptors (Lipinski definition) is 4. The van der Waals surface area contributed by atoms with Crippen LogP contribution in [0.3, 0.4) is 0 Å². The van der Waals surface area contributed by atoms with E-state index in [4.69, 9.17) is 10.1 Å². The summed E-state index contributed by atoms with van der Waals surface area (Å²) in [6.45, 7) is 2.92. The van der Waals surface area contributed by atoms with Crippen molar-refractivity contribution in [1.82, 2.24) is 9.62 Å². The van der Waals surface area contributed by atoms with Crippen molar-refractivity contribution in [3.05, 3.63) is 0 Å². The number of carbonyl (C=O) groups is 1. The maximum absolute atomic E-state index is 11.5. The molecule has 1 saturated heterocycles. The Kier molecular flexibility index (Phi) is 4.58. The molecule has 1 fully saturated rings. The Morgan fingerprint density at radius 2 is 2.43 bits per heavy atom. The number of carbonyl (C=O) groups excluding carboxylic acids is 1. The van der Waals surface area contributed by atoms with Gasteiger partial charge in [0, 0.05) is 12.3 Å². The second kappa shape index (κ2) is 5.74. The minimum Gasteiger partial charge on any atom is -0.465 e. The molecule has 0 atom stereocenters. The Bertz CT molecular complexity index is 217. The van der Waals surface area contributed by atoms with Crippen LogP contribution in [0.25, 0.3) is 0 Å². The standard InChI is InChI=1S/C8H15N3O2S/c1-2-13-7(9)10-8(12)11-5-3-4-6-14-11/h2-6H2,1H3,(H2,9,10,12). The molecule has 0 bridgehead atoms. The van der Waals surface area contributed by atoms with Crippen molar-refractivity contribution in [2.45, 2.75) is 19.8 Å². The predicted molar refractivity (Wildman–Crippen MR) is 56.3 cm³/mol. The minimum absolute atomic E-state index is 0.177. The zero-order chi connectivity index (χ0) is 10.4. The molecule has 1 rings (SSSR count). The van der Waals surface area contributed by atoms with E-state index in [1.807, 2.05) is 0 Å². The molecule has 5 nitrogen and oxygen atoms in total. The number of nitrogens with zero attached hydrogens (tertiary/aromatic N) is 1. The van der Waals surface area contributed by atoms with E-state index in [0.717, 1.165) is 25.1 Å². The third-order valence-corrected chi connectivity index (χ3v) is 2.87. The van der Waals surface area contributed by atoms with Gasteiger partial charge in [-0.25, -0.2) is 4.79 Å². The lowest BCUT2D eigenvalue weighted by molar-refractivity contribution is 0.224.